The van der Waals surface area contributed by atoms with E-state index in [1.165, 1.54) is 18.4 Å². The number of H-pyrrole nitrogens is 1. The quantitative estimate of drug-likeness (QED) is 0.490. The maximum Gasteiger partial charge on any atom is 0.161 e. The maximum absolute atomic E-state index is 13.6. The van der Waals surface area contributed by atoms with E-state index in [2.05, 4.69) is 60.1 Å². The number of nitrogens with zero attached hydrogens (tertiary/aromatic N) is 3. The highest BCUT2D eigenvalue weighted by Crippen LogP contribution is 2.56. The van der Waals surface area contributed by atoms with Crippen molar-refractivity contribution in [3.63, 3.8) is 0 Å². The third-order valence-electron chi connectivity index (χ3n) is 9.64. The number of hydrogen-bond donors (Lipinski definition) is 3. The summed E-state index contributed by atoms with van der Waals surface area (Å²) >= 11 is 0. The van der Waals surface area contributed by atoms with Gasteiger partial charge < -0.3 is 10.6 Å². The lowest BCUT2D eigenvalue weighted by Crippen LogP contribution is -2.37. The zero-order chi connectivity index (χ0) is 26.7. The molecule has 38 heavy (non-hydrogen) atoms. The third-order valence-corrected chi connectivity index (χ3v) is 9.64. The van der Waals surface area contributed by atoms with Crippen LogP contribution in [0.2, 0.25) is 0 Å². The van der Waals surface area contributed by atoms with Gasteiger partial charge in [0.15, 0.2) is 23.2 Å². The number of aromatic nitrogens is 4. The van der Waals surface area contributed by atoms with Gasteiger partial charge >= 0.3 is 0 Å². The van der Waals surface area contributed by atoms with E-state index in [1.54, 1.807) is 0 Å². The SMILES string of the molecule is Cc1[nH]nc2c1C(C)C1=C(CC(C)(Cn3nc4c(c3C)C(C3CC3)C3=C(CC(C)(C)CC3=O)N4)CC1=O)N2. The number of carbonyl (C=O) groups excluding carboxylic acids is 2. The van der Waals surface area contributed by atoms with Crippen molar-refractivity contribution in [2.24, 2.45) is 16.7 Å². The molecule has 8 nitrogen and oxygen atoms in total. The predicted molar refractivity (Wildman–Crippen MR) is 146 cm³/mol. The van der Waals surface area contributed by atoms with Crippen LogP contribution in [0.5, 0.6) is 0 Å². The number of aryl methyl sites for hydroxylation is 1. The fourth-order valence-corrected chi connectivity index (χ4v) is 7.85. The van der Waals surface area contributed by atoms with E-state index in [-0.39, 0.29) is 28.4 Å². The molecule has 2 aliphatic heterocycles. The topological polar surface area (TPSA) is 105 Å². The Hall–Kier alpha value is -3.16. The number of anilines is 2. The summed E-state index contributed by atoms with van der Waals surface area (Å²) in [6.07, 6.45) is 5.10. The van der Waals surface area contributed by atoms with Crippen LogP contribution < -0.4 is 10.6 Å². The lowest BCUT2D eigenvalue weighted by molar-refractivity contribution is -0.119. The van der Waals surface area contributed by atoms with Gasteiger partial charge in [-0.2, -0.15) is 10.2 Å². The van der Waals surface area contributed by atoms with Crippen molar-refractivity contribution in [1.29, 1.82) is 0 Å². The van der Waals surface area contributed by atoms with E-state index in [0.29, 0.717) is 31.1 Å². The molecule has 0 amide bonds. The summed E-state index contributed by atoms with van der Waals surface area (Å²) in [5.74, 6) is 2.99. The molecule has 2 aromatic heterocycles. The molecule has 3 atom stereocenters. The number of hydrogen-bond acceptors (Lipinski definition) is 6. The Labute approximate surface area is 223 Å². The van der Waals surface area contributed by atoms with E-state index in [1.807, 2.05) is 6.92 Å². The van der Waals surface area contributed by atoms with Gasteiger partial charge in [-0.05, 0) is 56.3 Å². The molecule has 3 unspecified atom stereocenters. The third kappa shape index (κ3) is 3.48. The fraction of sp³-hybridized carbons (Fsp3) is 0.600. The van der Waals surface area contributed by atoms with Crippen molar-refractivity contribution >= 4 is 23.2 Å². The van der Waals surface area contributed by atoms with E-state index >= 15 is 0 Å². The highest BCUT2D eigenvalue weighted by atomic mass is 16.1. The van der Waals surface area contributed by atoms with Crippen LogP contribution in [0.3, 0.4) is 0 Å². The molecule has 2 aromatic rings. The highest BCUT2D eigenvalue weighted by Gasteiger charge is 2.48. The van der Waals surface area contributed by atoms with Gasteiger partial charge in [0.05, 0.1) is 0 Å². The van der Waals surface area contributed by atoms with Crippen LogP contribution >= 0.6 is 0 Å². The Morgan fingerprint density at radius 2 is 1.58 bits per heavy atom. The van der Waals surface area contributed by atoms with Gasteiger partial charge in [-0.15, -0.1) is 0 Å². The highest BCUT2D eigenvalue weighted by molar-refractivity contribution is 6.01. The normalized spacial score (nSPS) is 29.8. The van der Waals surface area contributed by atoms with Gasteiger partial charge in [0.2, 0.25) is 0 Å². The summed E-state index contributed by atoms with van der Waals surface area (Å²) in [4.78, 5) is 27.0. The molecule has 1 saturated carbocycles. The van der Waals surface area contributed by atoms with Gasteiger partial charge in [-0.3, -0.25) is 19.4 Å². The molecule has 1 fully saturated rings. The van der Waals surface area contributed by atoms with Gasteiger partial charge in [0, 0.05) is 76.3 Å². The van der Waals surface area contributed by atoms with Crippen LogP contribution in [-0.4, -0.2) is 31.5 Å². The molecule has 8 heteroatoms. The summed E-state index contributed by atoms with van der Waals surface area (Å²) in [5.41, 5.74) is 8.14. The minimum atomic E-state index is -0.273. The lowest BCUT2D eigenvalue weighted by atomic mass is 9.69. The summed E-state index contributed by atoms with van der Waals surface area (Å²) in [6, 6.07) is 0. The Bertz CT molecular complexity index is 1480. The van der Waals surface area contributed by atoms with Gasteiger partial charge in [-0.25, -0.2) is 0 Å². The lowest BCUT2D eigenvalue weighted by Gasteiger charge is -2.39. The molecule has 5 aliphatic rings. The molecule has 3 aliphatic carbocycles. The molecule has 4 heterocycles. The molecule has 0 radical (unpaired) electrons. The van der Waals surface area contributed by atoms with Crippen molar-refractivity contribution in [1.82, 2.24) is 20.0 Å². The van der Waals surface area contributed by atoms with E-state index < -0.39 is 0 Å². The minimum Gasteiger partial charge on any atom is -0.342 e. The predicted octanol–water partition coefficient (Wildman–Crippen LogP) is 5.64. The maximum atomic E-state index is 13.6. The van der Waals surface area contributed by atoms with E-state index in [0.717, 1.165) is 64.0 Å². The zero-order valence-electron chi connectivity index (χ0n) is 23.3. The molecule has 3 N–H and O–H groups in total. The summed E-state index contributed by atoms with van der Waals surface area (Å²) < 4.78 is 2.11. The Kier molecular flexibility index (Phi) is 4.85. The van der Waals surface area contributed by atoms with Crippen LogP contribution in [0, 0.1) is 30.6 Å². The first-order chi connectivity index (χ1) is 17.9. The number of allylic oxidation sites excluding steroid dienone is 4. The summed E-state index contributed by atoms with van der Waals surface area (Å²) in [6.45, 7) is 13.5. The number of rotatable bonds is 3. The van der Waals surface area contributed by atoms with Crippen molar-refractivity contribution < 1.29 is 9.59 Å². The second kappa shape index (κ2) is 7.70. The first-order valence-electron chi connectivity index (χ1n) is 14.1. The van der Waals surface area contributed by atoms with E-state index in [4.69, 9.17) is 5.10 Å². The minimum absolute atomic E-state index is 0.0373. The van der Waals surface area contributed by atoms with Crippen LogP contribution in [-0.2, 0) is 16.1 Å². The molecule has 0 spiro atoms. The first-order valence-corrected chi connectivity index (χ1v) is 14.1. The summed E-state index contributed by atoms with van der Waals surface area (Å²) in [5, 5.41) is 19.7. The van der Waals surface area contributed by atoms with Crippen molar-refractivity contribution in [3.05, 3.63) is 45.1 Å². The number of fused-ring (bicyclic) bond motifs is 2. The average Bonchev–Trinajstić information content (AvgIpc) is 3.51. The first kappa shape index (κ1) is 23.9. The largest absolute Gasteiger partial charge is 0.342 e. The smallest absolute Gasteiger partial charge is 0.161 e. The Morgan fingerprint density at radius 3 is 2.32 bits per heavy atom. The van der Waals surface area contributed by atoms with Crippen LogP contribution in [0.15, 0.2) is 22.5 Å². The molecule has 7 rings (SSSR count). The van der Waals surface area contributed by atoms with Crippen LogP contribution in [0.25, 0.3) is 0 Å². The fourth-order valence-electron chi connectivity index (χ4n) is 7.85. The number of nitrogens with one attached hydrogen (secondary N) is 3. The Balaban J connectivity index is 1.22. The van der Waals surface area contributed by atoms with Crippen molar-refractivity contribution in [3.8, 4) is 0 Å². The Morgan fingerprint density at radius 1 is 0.895 bits per heavy atom. The molecule has 0 aromatic carbocycles. The average molecular weight is 515 g/mol. The van der Waals surface area contributed by atoms with Crippen LogP contribution in [0.1, 0.15) is 101 Å². The molecule has 200 valence electrons. The molecule has 0 bridgehead atoms. The zero-order valence-corrected chi connectivity index (χ0v) is 23.3. The number of aromatic amines is 1. The van der Waals surface area contributed by atoms with Gasteiger partial charge in [-0.1, -0.05) is 27.7 Å². The summed E-state index contributed by atoms with van der Waals surface area (Å²) in [7, 11) is 0. The number of carbonyl (C=O) groups is 2. The monoisotopic (exact) mass is 514 g/mol. The van der Waals surface area contributed by atoms with E-state index in [9.17, 15) is 9.59 Å². The standard InChI is InChI=1S/C30H38N6O2/c1-14-22-15(2)33-34-27(22)31-19-10-30(6,12-21(38)23(14)19)13-36-16(3)24-25(17-7-8-17)26-18(32-28(24)35-36)9-29(4,5)11-20(26)37/h14,17,25H,7-13H2,1-6H3,(H,32,35)(H2,31,33,34). The van der Waals surface area contributed by atoms with Gasteiger partial charge in [0.25, 0.3) is 0 Å². The second-order valence-corrected chi connectivity index (χ2v) is 13.7. The van der Waals surface area contributed by atoms with Crippen molar-refractivity contribution in [2.75, 3.05) is 10.6 Å². The second-order valence-electron chi connectivity index (χ2n) is 13.7. The molecular weight excluding hydrogens is 476 g/mol. The molecular formula is C30H38N6O2. The van der Waals surface area contributed by atoms with Gasteiger partial charge in [0.1, 0.15) is 0 Å². The van der Waals surface area contributed by atoms with Crippen LogP contribution in [0.4, 0.5) is 11.6 Å². The van der Waals surface area contributed by atoms with Crippen molar-refractivity contribution in [2.45, 2.75) is 98.4 Å². The number of ketones is 2. The number of Topliss-reactive ketones (excluding diaryl/α,β-unsaturated/α-hetero) is 2. The molecule has 0 saturated heterocycles.